The molecule has 0 bridgehead atoms. The molecular formula is C11H8N2O3S2. The Morgan fingerprint density at radius 1 is 1.44 bits per heavy atom. The molecule has 2 rings (SSSR count). The van der Waals surface area contributed by atoms with Crippen LogP contribution in [0.15, 0.2) is 29.4 Å². The molecule has 0 atom stereocenters. The zero-order chi connectivity index (χ0) is 13.1. The minimum Gasteiger partial charge on any atom is -0.478 e. The van der Waals surface area contributed by atoms with Gasteiger partial charge in [0.25, 0.3) is 5.91 Å². The Morgan fingerprint density at radius 3 is 2.61 bits per heavy atom. The van der Waals surface area contributed by atoms with Gasteiger partial charge < -0.3 is 5.11 Å². The molecule has 18 heavy (non-hydrogen) atoms. The van der Waals surface area contributed by atoms with Crippen molar-refractivity contribution in [2.45, 2.75) is 0 Å². The lowest BCUT2D eigenvalue weighted by Gasteiger charge is -2.06. The molecule has 1 aromatic carbocycles. The van der Waals surface area contributed by atoms with E-state index in [0.29, 0.717) is 15.6 Å². The molecule has 1 amide bonds. The molecule has 1 aromatic rings. The number of nitrogens with zero attached hydrogens (tertiary/aromatic N) is 2. The van der Waals surface area contributed by atoms with E-state index in [9.17, 15) is 9.59 Å². The minimum atomic E-state index is -0.981. The van der Waals surface area contributed by atoms with Gasteiger partial charge in [0, 0.05) is 0 Å². The Hall–Kier alpha value is -1.73. The maximum atomic E-state index is 11.4. The van der Waals surface area contributed by atoms with Gasteiger partial charge in [-0.05, 0) is 17.7 Å². The second-order valence-electron chi connectivity index (χ2n) is 3.43. The fourth-order valence-corrected chi connectivity index (χ4v) is 2.26. The zero-order valence-corrected chi connectivity index (χ0v) is 10.7. The first kappa shape index (κ1) is 12.7. The molecule has 0 aromatic heterocycles. The molecule has 1 aliphatic heterocycles. The van der Waals surface area contributed by atoms with Crippen LogP contribution in [-0.4, -0.2) is 38.3 Å². The van der Waals surface area contributed by atoms with E-state index < -0.39 is 5.97 Å². The standard InChI is InChI=1S/C11H8N2O3S2/c14-9-6-18-11(17)13(9)12-5-7-1-3-8(4-2-7)10(15)16/h1-5H,6H2,(H,15,16)/b12-5+. The molecule has 1 aliphatic rings. The van der Waals surface area contributed by atoms with Crippen LogP contribution >= 0.6 is 24.0 Å². The van der Waals surface area contributed by atoms with Gasteiger partial charge in [-0.15, -0.1) is 0 Å². The number of carbonyl (C=O) groups excluding carboxylic acids is 1. The van der Waals surface area contributed by atoms with Crippen molar-refractivity contribution >= 4 is 46.4 Å². The number of carboxylic acids is 1. The lowest BCUT2D eigenvalue weighted by Crippen LogP contribution is -2.22. The topological polar surface area (TPSA) is 70.0 Å². The zero-order valence-electron chi connectivity index (χ0n) is 9.07. The van der Waals surface area contributed by atoms with Gasteiger partial charge in [-0.1, -0.05) is 36.1 Å². The summed E-state index contributed by atoms with van der Waals surface area (Å²) in [5.41, 5.74) is 0.906. The first-order valence-electron chi connectivity index (χ1n) is 4.95. The fourth-order valence-electron chi connectivity index (χ4n) is 1.30. The number of hydrogen-bond acceptors (Lipinski definition) is 5. The summed E-state index contributed by atoms with van der Waals surface area (Å²) in [5.74, 6) is -0.817. The summed E-state index contributed by atoms with van der Waals surface area (Å²) in [4.78, 5) is 22.0. The highest BCUT2D eigenvalue weighted by molar-refractivity contribution is 8.23. The SMILES string of the molecule is O=C(O)c1ccc(/C=N/N2C(=O)CSC2=S)cc1. The van der Waals surface area contributed by atoms with Gasteiger partial charge in [-0.25, -0.2) is 4.79 Å². The van der Waals surface area contributed by atoms with E-state index in [1.807, 2.05) is 0 Å². The lowest BCUT2D eigenvalue weighted by molar-refractivity contribution is -0.123. The van der Waals surface area contributed by atoms with Gasteiger partial charge in [0.1, 0.15) is 0 Å². The number of hydrogen-bond donors (Lipinski definition) is 1. The van der Waals surface area contributed by atoms with Gasteiger partial charge in [0.2, 0.25) is 0 Å². The van der Waals surface area contributed by atoms with Crippen LogP contribution < -0.4 is 0 Å². The molecule has 0 aliphatic carbocycles. The Labute approximate surface area is 112 Å². The smallest absolute Gasteiger partial charge is 0.335 e. The van der Waals surface area contributed by atoms with Gasteiger partial charge in [0.05, 0.1) is 17.5 Å². The summed E-state index contributed by atoms with van der Waals surface area (Å²) in [6.45, 7) is 0. The maximum absolute atomic E-state index is 11.4. The second kappa shape index (κ2) is 5.28. The number of carboxylic acid groups (broad SMARTS) is 1. The molecule has 0 radical (unpaired) electrons. The first-order chi connectivity index (χ1) is 8.58. The summed E-state index contributed by atoms with van der Waals surface area (Å²) in [6.07, 6.45) is 1.47. The van der Waals surface area contributed by atoms with E-state index in [-0.39, 0.29) is 11.5 Å². The van der Waals surface area contributed by atoms with Gasteiger partial charge >= 0.3 is 5.97 Å². The van der Waals surface area contributed by atoms with E-state index >= 15 is 0 Å². The number of carbonyl (C=O) groups is 2. The average Bonchev–Trinajstić information content (AvgIpc) is 2.67. The Bertz CT molecular complexity index is 524. The molecule has 0 spiro atoms. The summed E-state index contributed by atoms with van der Waals surface area (Å²) < 4.78 is 0.429. The number of benzene rings is 1. The Kier molecular flexibility index (Phi) is 3.73. The van der Waals surface area contributed by atoms with E-state index in [1.165, 1.54) is 35.1 Å². The third-order valence-electron chi connectivity index (χ3n) is 2.21. The molecule has 92 valence electrons. The fraction of sp³-hybridized carbons (Fsp3) is 0.0909. The summed E-state index contributed by atoms with van der Waals surface area (Å²) in [6, 6.07) is 6.18. The molecular weight excluding hydrogens is 272 g/mol. The monoisotopic (exact) mass is 280 g/mol. The Morgan fingerprint density at radius 2 is 2.11 bits per heavy atom. The second-order valence-corrected chi connectivity index (χ2v) is 5.04. The van der Waals surface area contributed by atoms with Crippen LogP contribution in [-0.2, 0) is 4.79 Å². The van der Waals surface area contributed by atoms with Crippen LogP contribution in [0, 0.1) is 0 Å². The van der Waals surface area contributed by atoms with Crippen molar-refractivity contribution in [1.29, 1.82) is 0 Å². The molecule has 7 heteroatoms. The largest absolute Gasteiger partial charge is 0.478 e. The van der Waals surface area contributed by atoms with Gasteiger partial charge in [-0.3, -0.25) is 4.79 Å². The predicted octanol–water partition coefficient (Wildman–Crippen LogP) is 1.58. The lowest BCUT2D eigenvalue weighted by atomic mass is 10.1. The minimum absolute atomic E-state index is 0.150. The van der Waals surface area contributed by atoms with Crippen molar-refractivity contribution in [3.8, 4) is 0 Å². The Balaban J connectivity index is 2.11. The normalized spacial score (nSPS) is 15.7. The number of rotatable bonds is 3. The molecule has 5 nitrogen and oxygen atoms in total. The number of amides is 1. The highest BCUT2D eigenvalue weighted by Crippen LogP contribution is 2.19. The molecule has 0 unspecified atom stereocenters. The summed E-state index contributed by atoms with van der Waals surface area (Å²) in [7, 11) is 0. The first-order valence-corrected chi connectivity index (χ1v) is 6.34. The maximum Gasteiger partial charge on any atom is 0.335 e. The van der Waals surface area contributed by atoms with Crippen LogP contribution in [0.3, 0.4) is 0 Å². The van der Waals surface area contributed by atoms with Crippen molar-refractivity contribution < 1.29 is 14.7 Å². The molecule has 1 fully saturated rings. The van der Waals surface area contributed by atoms with Gasteiger partial charge in [0.15, 0.2) is 4.32 Å². The van der Waals surface area contributed by atoms with Crippen molar-refractivity contribution in [3.05, 3.63) is 35.4 Å². The molecule has 1 N–H and O–H groups in total. The van der Waals surface area contributed by atoms with E-state index in [1.54, 1.807) is 12.1 Å². The predicted molar refractivity (Wildman–Crippen MR) is 72.9 cm³/mol. The van der Waals surface area contributed by atoms with Crippen LogP contribution in [0.2, 0.25) is 0 Å². The number of aromatic carboxylic acids is 1. The van der Waals surface area contributed by atoms with E-state index in [4.69, 9.17) is 17.3 Å². The van der Waals surface area contributed by atoms with Crippen molar-refractivity contribution in [2.75, 3.05) is 5.75 Å². The van der Waals surface area contributed by atoms with Crippen molar-refractivity contribution in [2.24, 2.45) is 5.10 Å². The van der Waals surface area contributed by atoms with E-state index in [0.717, 1.165) is 0 Å². The number of hydrazone groups is 1. The average molecular weight is 280 g/mol. The quantitative estimate of drug-likeness (QED) is 0.672. The summed E-state index contributed by atoms with van der Waals surface area (Å²) >= 11 is 6.24. The van der Waals surface area contributed by atoms with Crippen LogP contribution in [0.25, 0.3) is 0 Å². The highest BCUT2D eigenvalue weighted by atomic mass is 32.2. The number of thiocarbonyl (C=S) groups is 1. The van der Waals surface area contributed by atoms with Gasteiger partial charge in [-0.2, -0.15) is 10.1 Å². The van der Waals surface area contributed by atoms with E-state index in [2.05, 4.69) is 5.10 Å². The summed E-state index contributed by atoms with van der Waals surface area (Å²) in [5, 5.41) is 13.9. The third kappa shape index (κ3) is 2.74. The van der Waals surface area contributed by atoms with Crippen molar-refractivity contribution in [1.82, 2.24) is 5.01 Å². The third-order valence-corrected chi connectivity index (χ3v) is 3.55. The molecule has 1 saturated heterocycles. The van der Waals surface area contributed by atoms with Crippen LogP contribution in [0.4, 0.5) is 0 Å². The molecule has 1 heterocycles. The molecule has 0 saturated carbocycles. The van der Waals surface area contributed by atoms with Crippen LogP contribution in [0.1, 0.15) is 15.9 Å². The van der Waals surface area contributed by atoms with Crippen molar-refractivity contribution in [3.63, 3.8) is 0 Å². The highest BCUT2D eigenvalue weighted by Gasteiger charge is 2.25. The number of thioether (sulfide) groups is 1. The van der Waals surface area contributed by atoms with Crippen LogP contribution in [0.5, 0.6) is 0 Å².